The number of imide groups is 2. The third-order valence-corrected chi connectivity index (χ3v) is 5.42. The fourth-order valence-electron chi connectivity index (χ4n) is 3.69. The Bertz CT molecular complexity index is 1250. The summed E-state index contributed by atoms with van der Waals surface area (Å²) in [7, 11) is 0. The number of carbonyl (C=O) groups excluding carboxylic acids is 6. The van der Waals surface area contributed by atoms with Gasteiger partial charge < -0.3 is 0 Å². The van der Waals surface area contributed by atoms with Gasteiger partial charge in [-0.15, -0.1) is 0 Å². The SMILES string of the molecule is O=C(NN1C(=O)c2ccccc2C1=O)c1ccc(C(=O)NN2C(=O)c3ccccc3C2=O)cc1. The summed E-state index contributed by atoms with van der Waals surface area (Å²) < 4.78 is 0. The monoisotopic (exact) mass is 454 g/mol. The van der Waals surface area contributed by atoms with Crippen LogP contribution in [0.15, 0.2) is 72.8 Å². The van der Waals surface area contributed by atoms with Gasteiger partial charge >= 0.3 is 0 Å². The molecule has 3 aromatic carbocycles. The lowest BCUT2D eigenvalue weighted by molar-refractivity contribution is 0.0512. The van der Waals surface area contributed by atoms with Crippen LogP contribution < -0.4 is 10.9 Å². The van der Waals surface area contributed by atoms with Crippen LogP contribution in [0.5, 0.6) is 0 Å². The molecule has 0 aliphatic carbocycles. The zero-order valence-corrected chi connectivity index (χ0v) is 17.3. The van der Waals surface area contributed by atoms with Crippen molar-refractivity contribution in [2.24, 2.45) is 0 Å². The van der Waals surface area contributed by atoms with E-state index in [9.17, 15) is 28.8 Å². The van der Waals surface area contributed by atoms with Crippen LogP contribution in [0.2, 0.25) is 0 Å². The van der Waals surface area contributed by atoms with Gasteiger partial charge in [0.2, 0.25) is 0 Å². The van der Waals surface area contributed by atoms with Crippen molar-refractivity contribution in [3.8, 4) is 0 Å². The van der Waals surface area contributed by atoms with Crippen LogP contribution in [0.1, 0.15) is 62.1 Å². The Morgan fingerprint density at radius 2 is 0.735 bits per heavy atom. The predicted molar refractivity (Wildman–Crippen MR) is 115 cm³/mol. The van der Waals surface area contributed by atoms with E-state index in [-0.39, 0.29) is 33.4 Å². The van der Waals surface area contributed by atoms with Crippen LogP contribution in [0, 0.1) is 0 Å². The van der Waals surface area contributed by atoms with E-state index in [0.717, 1.165) is 0 Å². The van der Waals surface area contributed by atoms with Crippen molar-refractivity contribution >= 4 is 35.4 Å². The number of nitrogens with one attached hydrogen (secondary N) is 2. The number of rotatable bonds is 4. The van der Waals surface area contributed by atoms with Crippen LogP contribution in [0.25, 0.3) is 0 Å². The van der Waals surface area contributed by atoms with E-state index in [4.69, 9.17) is 0 Å². The van der Waals surface area contributed by atoms with Crippen LogP contribution in [-0.2, 0) is 0 Å². The van der Waals surface area contributed by atoms with Gasteiger partial charge in [-0.3, -0.25) is 39.6 Å². The highest BCUT2D eigenvalue weighted by Crippen LogP contribution is 2.22. The Labute approximate surface area is 191 Å². The molecule has 0 aromatic heterocycles. The molecule has 3 aromatic rings. The topological polar surface area (TPSA) is 133 Å². The van der Waals surface area contributed by atoms with Gasteiger partial charge in [0, 0.05) is 11.1 Å². The molecule has 0 bridgehead atoms. The van der Waals surface area contributed by atoms with E-state index in [2.05, 4.69) is 10.9 Å². The number of amides is 6. The van der Waals surface area contributed by atoms with Crippen LogP contribution in [-0.4, -0.2) is 45.5 Å². The van der Waals surface area contributed by atoms with E-state index < -0.39 is 35.4 Å². The molecule has 0 atom stereocenters. The van der Waals surface area contributed by atoms with Crippen molar-refractivity contribution in [1.82, 2.24) is 20.9 Å². The zero-order valence-electron chi connectivity index (χ0n) is 17.3. The summed E-state index contributed by atoms with van der Waals surface area (Å²) in [5, 5.41) is 1.27. The van der Waals surface area contributed by atoms with Crippen LogP contribution >= 0.6 is 0 Å². The molecule has 0 radical (unpaired) electrons. The first-order valence-electron chi connectivity index (χ1n) is 10.0. The maximum absolute atomic E-state index is 12.6. The van der Waals surface area contributed by atoms with Gasteiger partial charge in [0.25, 0.3) is 35.4 Å². The summed E-state index contributed by atoms with van der Waals surface area (Å²) in [6, 6.07) is 17.6. The molecule has 0 spiro atoms. The second-order valence-electron chi connectivity index (χ2n) is 7.44. The fraction of sp³-hybridized carbons (Fsp3) is 0. The first kappa shape index (κ1) is 20.8. The Kier molecular flexibility index (Phi) is 4.75. The second-order valence-corrected chi connectivity index (χ2v) is 7.44. The molecule has 0 saturated heterocycles. The van der Waals surface area contributed by atoms with Crippen molar-refractivity contribution in [3.63, 3.8) is 0 Å². The highest BCUT2D eigenvalue weighted by molar-refractivity contribution is 6.23. The fourth-order valence-corrected chi connectivity index (χ4v) is 3.69. The van der Waals surface area contributed by atoms with Gasteiger partial charge in [-0.25, -0.2) is 0 Å². The number of hydrogen-bond donors (Lipinski definition) is 2. The Hall–Kier alpha value is -5.12. The van der Waals surface area contributed by atoms with Gasteiger partial charge in [0.15, 0.2) is 0 Å². The lowest BCUT2D eigenvalue weighted by Gasteiger charge is -2.16. The maximum atomic E-state index is 12.6. The third kappa shape index (κ3) is 3.21. The molecule has 10 heteroatoms. The lowest BCUT2D eigenvalue weighted by Crippen LogP contribution is -2.46. The zero-order chi connectivity index (χ0) is 24.0. The molecule has 166 valence electrons. The van der Waals surface area contributed by atoms with Gasteiger partial charge in [0.05, 0.1) is 22.3 Å². The highest BCUT2D eigenvalue weighted by Gasteiger charge is 2.38. The number of fused-ring (bicyclic) bond motifs is 2. The predicted octanol–water partition coefficient (Wildman–Crippen LogP) is 1.57. The molecule has 0 saturated carbocycles. The second kappa shape index (κ2) is 7.78. The van der Waals surface area contributed by atoms with E-state index in [1.807, 2.05) is 0 Å². The minimum atomic E-state index is -0.734. The molecule has 6 amide bonds. The minimum absolute atomic E-state index is 0.0776. The normalized spacial score (nSPS) is 14.2. The average molecular weight is 454 g/mol. The van der Waals surface area contributed by atoms with Gasteiger partial charge in [-0.2, -0.15) is 10.0 Å². The van der Waals surface area contributed by atoms with Crippen molar-refractivity contribution in [1.29, 1.82) is 0 Å². The summed E-state index contributed by atoms with van der Waals surface area (Å²) in [5.74, 6) is -4.06. The molecule has 0 fully saturated rings. The Balaban J connectivity index is 1.26. The number of carbonyl (C=O) groups is 6. The summed E-state index contributed by atoms with van der Waals surface area (Å²) in [6.45, 7) is 0. The van der Waals surface area contributed by atoms with Gasteiger partial charge in [-0.1, -0.05) is 24.3 Å². The van der Waals surface area contributed by atoms with E-state index >= 15 is 0 Å². The number of hydrogen-bond acceptors (Lipinski definition) is 6. The molecule has 2 heterocycles. The maximum Gasteiger partial charge on any atom is 0.280 e. The average Bonchev–Trinajstić information content (AvgIpc) is 3.25. The quantitative estimate of drug-likeness (QED) is 0.575. The van der Waals surface area contributed by atoms with Crippen molar-refractivity contribution < 1.29 is 28.8 Å². The highest BCUT2D eigenvalue weighted by atomic mass is 16.2. The minimum Gasteiger partial charge on any atom is -0.267 e. The molecular formula is C24H14N4O6. The molecule has 34 heavy (non-hydrogen) atoms. The number of benzene rings is 3. The summed E-state index contributed by atoms with van der Waals surface area (Å²) in [4.78, 5) is 74.7. The molecule has 0 unspecified atom stereocenters. The number of hydrazine groups is 2. The standard InChI is InChI=1S/C24H14N4O6/c29-19(25-27-21(31)15-5-1-2-6-16(15)22(27)32)13-9-11-14(12-10-13)20(30)26-28-23(33)17-7-3-4-8-18(17)24(28)34/h1-12H,(H,25,29)(H,26,30). The van der Waals surface area contributed by atoms with Crippen molar-refractivity contribution in [2.45, 2.75) is 0 Å². The Morgan fingerprint density at radius 3 is 1.00 bits per heavy atom. The van der Waals surface area contributed by atoms with Crippen LogP contribution in [0.4, 0.5) is 0 Å². The van der Waals surface area contributed by atoms with Crippen molar-refractivity contribution in [2.75, 3.05) is 0 Å². The van der Waals surface area contributed by atoms with Crippen LogP contribution in [0.3, 0.4) is 0 Å². The van der Waals surface area contributed by atoms with E-state index in [0.29, 0.717) is 10.0 Å². The largest absolute Gasteiger partial charge is 0.280 e. The van der Waals surface area contributed by atoms with Gasteiger partial charge in [-0.05, 0) is 48.5 Å². The molecule has 2 aliphatic rings. The van der Waals surface area contributed by atoms with E-state index in [1.165, 1.54) is 48.5 Å². The summed E-state index contributed by atoms with van der Waals surface area (Å²) >= 11 is 0. The summed E-state index contributed by atoms with van der Waals surface area (Å²) in [5.41, 5.74) is 5.44. The van der Waals surface area contributed by atoms with Crippen molar-refractivity contribution in [3.05, 3.63) is 106 Å². The smallest absolute Gasteiger partial charge is 0.267 e. The molecule has 2 aliphatic heterocycles. The third-order valence-electron chi connectivity index (χ3n) is 5.42. The first-order valence-corrected chi connectivity index (χ1v) is 10.0. The van der Waals surface area contributed by atoms with Gasteiger partial charge in [0.1, 0.15) is 0 Å². The first-order chi connectivity index (χ1) is 16.4. The summed E-state index contributed by atoms with van der Waals surface area (Å²) in [6.07, 6.45) is 0. The molecule has 5 rings (SSSR count). The lowest BCUT2D eigenvalue weighted by atomic mass is 10.1. The molecule has 2 N–H and O–H groups in total. The number of nitrogens with zero attached hydrogens (tertiary/aromatic N) is 2. The molecular weight excluding hydrogens is 440 g/mol. The molecule has 10 nitrogen and oxygen atoms in total. The van der Waals surface area contributed by atoms with E-state index in [1.54, 1.807) is 24.3 Å². The Morgan fingerprint density at radius 1 is 0.471 bits per heavy atom.